The van der Waals surface area contributed by atoms with Gasteiger partial charge in [0, 0.05) is 19.1 Å². The molecule has 2 N–H and O–H groups in total. The number of sulfone groups is 1. The lowest BCUT2D eigenvalue weighted by molar-refractivity contribution is 0.0529. The van der Waals surface area contributed by atoms with Gasteiger partial charge in [-0.15, -0.1) is 12.4 Å². The summed E-state index contributed by atoms with van der Waals surface area (Å²) in [6.45, 7) is 6.99. The zero-order chi connectivity index (χ0) is 17.3. The standard InChI is InChI=1S/C17H26N2O3S.ClH/c1-4-11-23(21,22)14-8-6-5-7-13(14)16(20)19-10-9-15(18)17(2,3)12-19;/h5-8,15H,4,9-12,18H2,1-3H3;1H. The Morgan fingerprint density at radius 2 is 1.96 bits per heavy atom. The summed E-state index contributed by atoms with van der Waals surface area (Å²) in [6, 6.07) is 6.55. The summed E-state index contributed by atoms with van der Waals surface area (Å²) in [6.07, 6.45) is 1.25. The molecule has 0 aromatic heterocycles. The van der Waals surface area contributed by atoms with Gasteiger partial charge in [0.25, 0.3) is 5.91 Å². The van der Waals surface area contributed by atoms with Crippen molar-refractivity contribution in [3.05, 3.63) is 29.8 Å². The molecule has 0 aliphatic carbocycles. The lowest BCUT2D eigenvalue weighted by Gasteiger charge is -2.42. The molecule has 24 heavy (non-hydrogen) atoms. The fraction of sp³-hybridized carbons (Fsp3) is 0.588. The fourth-order valence-corrected chi connectivity index (χ4v) is 4.54. The van der Waals surface area contributed by atoms with E-state index in [1.54, 1.807) is 23.1 Å². The Kier molecular flexibility index (Phi) is 6.84. The van der Waals surface area contributed by atoms with E-state index in [4.69, 9.17) is 5.73 Å². The van der Waals surface area contributed by atoms with Crippen LogP contribution < -0.4 is 5.73 Å². The van der Waals surface area contributed by atoms with E-state index in [9.17, 15) is 13.2 Å². The van der Waals surface area contributed by atoms with E-state index in [0.29, 0.717) is 19.5 Å². The molecule has 136 valence electrons. The normalized spacial score (nSPS) is 20.3. The van der Waals surface area contributed by atoms with Crippen molar-refractivity contribution >= 4 is 28.2 Å². The molecule has 1 unspecified atom stereocenters. The smallest absolute Gasteiger partial charge is 0.255 e. The van der Waals surface area contributed by atoms with Crippen molar-refractivity contribution in [2.75, 3.05) is 18.8 Å². The molecular formula is C17H27ClN2O3S. The van der Waals surface area contributed by atoms with Crippen molar-refractivity contribution < 1.29 is 13.2 Å². The molecule has 1 heterocycles. The largest absolute Gasteiger partial charge is 0.338 e. The van der Waals surface area contributed by atoms with Crippen LogP contribution in [0.1, 0.15) is 44.0 Å². The molecule has 0 saturated carbocycles. The topological polar surface area (TPSA) is 80.5 Å². The van der Waals surface area contributed by atoms with E-state index in [-0.39, 0.29) is 46.0 Å². The Labute approximate surface area is 150 Å². The summed E-state index contributed by atoms with van der Waals surface area (Å²) in [5, 5.41) is 0. The van der Waals surface area contributed by atoms with E-state index in [1.807, 2.05) is 20.8 Å². The van der Waals surface area contributed by atoms with E-state index in [2.05, 4.69) is 0 Å². The Hall–Kier alpha value is -1.11. The fourth-order valence-electron chi connectivity index (χ4n) is 3.01. The van der Waals surface area contributed by atoms with Crippen LogP contribution in [0.25, 0.3) is 0 Å². The number of hydrogen-bond donors (Lipinski definition) is 1. The number of nitrogens with zero attached hydrogens (tertiary/aromatic N) is 1. The predicted octanol–water partition coefficient (Wildman–Crippen LogP) is 2.49. The summed E-state index contributed by atoms with van der Waals surface area (Å²) in [5.41, 5.74) is 6.21. The molecule has 0 radical (unpaired) electrons. The molecule has 1 fully saturated rings. The van der Waals surface area contributed by atoms with Gasteiger partial charge in [-0.2, -0.15) is 0 Å². The minimum absolute atomic E-state index is 0. The maximum Gasteiger partial charge on any atom is 0.255 e. The number of piperidine rings is 1. The van der Waals surface area contributed by atoms with Crippen molar-refractivity contribution in [2.45, 2.75) is 44.6 Å². The van der Waals surface area contributed by atoms with Gasteiger partial charge in [0.05, 0.1) is 16.2 Å². The lowest BCUT2D eigenvalue weighted by atomic mass is 9.79. The van der Waals surface area contributed by atoms with Crippen molar-refractivity contribution in [1.82, 2.24) is 4.90 Å². The highest BCUT2D eigenvalue weighted by atomic mass is 35.5. The quantitative estimate of drug-likeness (QED) is 0.877. The number of amides is 1. The Morgan fingerprint density at radius 1 is 1.33 bits per heavy atom. The monoisotopic (exact) mass is 374 g/mol. The van der Waals surface area contributed by atoms with Crippen LogP contribution in [0.3, 0.4) is 0 Å². The van der Waals surface area contributed by atoms with Crippen molar-refractivity contribution in [1.29, 1.82) is 0 Å². The van der Waals surface area contributed by atoms with Gasteiger partial charge >= 0.3 is 0 Å². The first kappa shape index (κ1) is 20.9. The first-order valence-electron chi connectivity index (χ1n) is 8.05. The number of carbonyl (C=O) groups excluding carboxylic acids is 1. The second kappa shape index (κ2) is 7.85. The average Bonchev–Trinajstić information content (AvgIpc) is 2.49. The maximum atomic E-state index is 12.9. The zero-order valence-electron chi connectivity index (χ0n) is 14.5. The summed E-state index contributed by atoms with van der Waals surface area (Å²) in [7, 11) is -3.44. The predicted molar refractivity (Wildman–Crippen MR) is 98.3 cm³/mol. The molecule has 1 aliphatic heterocycles. The van der Waals surface area contributed by atoms with Crippen molar-refractivity contribution in [3.8, 4) is 0 Å². The van der Waals surface area contributed by atoms with Crippen molar-refractivity contribution in [3.63, 3.8) is 0 Å². The molecule has 1 aromatic carbocycles. The third-order valence-corrected chi connectivity index (χ3v) is 6.50. The summed E-state index contributed by atoms with van der Waals surface area (Å²) in [5.74, 6) is -0.173. The summed E-state index contributed by atoms with van der Waals surface area (Å²) < 4.78 is 24.9. The van der Waals surface area contributed by atoms with Gasteiger partial charge in [-0.25, -0.2) is 8.42 Å². The number of halogens is 1. The molecule has 2 rings (SSSR count). The van der Waals surface area contributed by atoms with Gasteiger partial charge in [-0.05, 0) is 30.4 Å². The molecule has 7 heteroatoms. The summed E-state index contributed by atoms with van der Waals surface area (Å²) >= 11 is 0. The van der Waals surface area contributed by atoms with E-state index in [0.717, 1.165) is 6.42 Å². The van der Waals surface area contributed by atoms with E-state index in [1.165, 1.54) is 6.07 Å². The van der Waals surface area contributed by atoms with Gasteiger partial charge in [0.15, 0.2) is 9.84 Å². The van der Waals surface area contributed by atoms with Crippen LogP contribution >= 0.6 is 12.4 Å². The Balaban J connectivity index is 0.00000288. The zero-order valence-corrected chi connectivity index (χ0v) is 16.1. The first-order chi connectivity index (χ1) is 10.7. The van der Waals surface area contributed by atoms with Crippen LogP contribution in [0.15, 0.2) is 29.2 Å². The molecule has 5 nitrogen and oxygen atoms in total. The highest BCUT2D eigenvalue weighted by Crippen LogP contribution is 2.29. The first-order valence-corrected chi connectivity index (χ1v) is 9.71. The van der Waals surface area contributed by atoms with Gasteiger partial charge in [-0.1, -0.05) is 32.9 Å². The van der Waals surface area contributed by atoms with Gasteiger partial charge < -0.3 is 10.6 Å². The van der Waals surface area contributed by atoms with Crippen LogP contribution in [-0.4, -0.2) is 44.1 Å². The van der Waals surface area contributed by atoms with Crippen LogP contribution in [-0.2, 0) is 9.84 Å². The summed E-state index contributed by atoms with van der Waals surface area (Å²) in [4.78, 5) is 14.8. The Morgan fingerprint density at radius 3 is 2.54 bits per heavy atom. The molecule has 1 aromatic rings. The van der Waals surface area contributed by atoms with E-state index >= 15 is 0 Å². The van der Waals surface area contributed by atoms with Crippen LogP contribution in [0, 0.1) is 5.41 Å². The molecule has 1 atom stereocenters. The minimum Gasteiger partial charge on any atom is -0.338 e. The SMILES string of the molecule is CCCS(=O)(=O)c1ccccc1C(=O)N1CCC(N)C(C)(C)C1.Cl. The third-order valence-electron chi connectivity index (χ3n) is 4.52. The molecule has 1 aliphatic rings. The van der Waals surface area contributed by atoms with Crippen LogP contribution in [0.5, 0.6) is 0 Å². The van der Waals surface area contributed by atoms with Gasteiger partial charge in [0.2, 0.25) is 0 Å². The van der Waals surface area contributed by atoms with Crippen LogP contribution in [0.2, 0.25) is 0 Å². The highest BCUT2D eigenvalue weighted by Gasteiger charge is 2.36. The molecule has 1 saturated heterocycles. The highest BCUT2D eigenvalue weighted by molar-refractivity contribution is 7.91. The number of nitrogens with two attached hydrogens (primary N) is 1. The van der Waals surface area contributed by atoms with Crippen LogP contribution in [0.4, 0.5) is 0 Å². The lowest BCUT2D eigenvalue weighted by Crippen LogP contribution is -2.54. The molecule has 1 amide bonds. The van der Waals surface area contributed by atoms with Gasteiger partial charge in [0.1, 0.15) is 0 Å². The average molecular weight is 375 g/mol. The Bertz CT molecular complexity index is 689. The van der Waals surface area contributed by atoms with Gasteiger partial charge in [-0.3, -0.25) is 4.79 Å². The number of benzene rings is 1. The number of rotatable bonds is 4. The minimum atomic E-state index is -3.44. The number of hydrogen-bond acceptors (Lipinski definition) is 4. The molecular weight excluding hydrogens is 348 g/mol. The number of carbonyl (C=O) groups is 1. The number of likely N-dealkylation sites (tertiary alicyclic amines) is 1. The van der Waals surface area contributed by atoms with Crippen molar-refractivity contribution in [2.24, 2.45) is 11.1 Å². The second-order valence-corrected chi connectivity index (χ2v) is 9.00. The third kappa shape index (κ3) is 4.29. The molecule has 0 spiro atoms. The second-order valence-electron chi connectivity index (χ2n) is 6.93. The molecule has 0 bridgehead atoms. The van der Waals surface area contributed by atoms with E-state index < -0.39 is 9.84 Å². The maximum absolute atomic E-state index is 12.9.